The molecule has 0 bridgehead atoms. The van der Waals surface area contributed by atoms with E-state index in [0.29, 0.717) is 6.54 Å². The maximum atomic E-state index is 12.7. The van der Waals surface area contributed by atoms with Gasteiger partial charge in [0, 0.05) is 31.0 Å². The monoisotopic (exact) mass is 562 g/mol. The molecule has 1 fully saturated rings. The van der Waals surface area contributed by atoms with Crippen LogP contribution in [0.3, 0.4) is 0 Å². The van der Waals surface area contributed by atoms with Gasteiger partial charge in [0.15, 0.2) is 12.7 Å². The highest BCUT2D eigenvalue weighted by molar-refractivity contribution is 5.89. The molecule has 42 heavy (non-hydrogen) atoms. The fraction of sp³-hybridized carbons (Fsp3) is 0.206. The molecule has 4 aromatic rings. The maximum absolute atomic E-state index is 12.7. The summed E-state index contributed by atoms with van der Waals surface area (Å²) >= 11 is 0. The van der Waals surface area contributed by atoms with Gasteiger partial charge in [-0.2, -0.15) is 0 Å². The molecule has 2 heterocycles. The van der Waals surface area contributed by atoms with E-state index in [1.165, 1.54) is 0 Å². The Labute approximate surface area is 245 Å². The van der Waals surface area contributed by atoms with Crippen LogP contribution in [0.4, 0.5) is 22.7 Å². The van der Waals surface area contributed by atoms with Crippen LogP contribution in [-0.2, 0) is 4.79 Å². The number of aryl methyl sites for hydroxylation is 1. The van der Waals surface area contributed by atoms with Crippen LogP contribution in [0.25, 0.3) is 12.2 Å². The number of carboxylic acid groups (broad SMARTS) is 1. The first-order valence-corrected chi connectivity index (χ1v) is 14.1. The predicted octanol–water partition coefficient (Wildman–Crippen LogP) is 5.08. The standard InChI is InChI=1S/C34H34N4O4/c1-24-11-5-8-16-28(24)37(27-14-3-2-4-15-27)33(41)35-21-22-36(31(23-35)32(39)40)34(42)38-29-17-9-6-12-25(29)19-20-26-13-7-10-18-30(26)38/h2-20,31,33-34,41-42H,21-23H2,1H3,(H,39,40)/t31-,33?,34?/m0/s1. The highest BCUT2D eigenvalue weighted by Crippen LogP contribution is 2.39. The molecular weight excluding hydrogens is 528 g/mol. The smallest absolute Gasteiger partial charge is 0.322 e. The second-order valence-electron chi connectivity index (χ2n) is 10.6. The van der Waals surface area contributed by atoms with Crippen molar-refractivity contribution in [2.45, 2.75) is 25.7 Å². The molecule has 6 rings (SSSR count). The number of aliphatic carboxylic acids is 1. The van der Waals surface area contributed by atoms with Crippen molar-refractivity contribution in [3.8, 4) is 0 Å². The summed E-state index contributed by atoms with van der Waals surface area (Å²) in [6, 6.07) is 31.8. The lowest BCUT2D eigenvalue weighted by atomic mass is 10.1. The Morgan fingerprint density at radius 2 is 1.36 bits per heavy atom. The van der Waals surface area contributed by atoms with Crippen LogP contribution in [0.1, 0.15) is 16.7 Å². The zero-order chi connectivity index (χ0) is 29.2. The van der Waals surface area contributed by atoms with Crippen molar-refractivity contribution in [2.24, 2.45) is 0 Å². The number of hydrogen-bond acceptors (Lipinski definition) is 7. The van der Waals surface area contributed by atoms with E-state index in [2.05, 4.69) is 0 Å². The lowest BCUT2D eigenvalue weighted by Crippen LogP contribution is -2.65. The number of rotatable bonds is 7. The van der Waals surface area contributed by atoms with Crippen molar-refractivity contribution in [2.75, 3.05) is 29.4 Å². The molecule has 8 nitrogen and oxygen atoms in total. The lowest BCUT2D eigenvalue weighted by Gasteiger charge is -2.47. The third kappa shape index (κ3) is 5.17. The number of piperazine rings is 1. The van der Waals surface area contributed by atoms with Gasteiger partial charge in [0.05, 0.1) is 11.4 Å². The molecule has 0 spiro atoms. The largest absolute Gasteiger partial charge is 0.480 e. The Bertz CT molecular complexity index is 1540. The molecule has 0 aliphatic carbocycles. The minimum atomic E-state index is -1.26. The molecular formula is C34H34N4O4. The summed E-state index contributed by atoms with van der Waals surface area (Å²) in [5.41, 5.74) is 6.02. The summed E-state index contributed by atoms with van der Waals surface area (Å²) in [4.78, 5) is 19.7. The number of aliphatic hydroxyl groups is 2. The van der Waals surface area contributed by atoms with E-state index in [1.807, 2.05) is 127 Å². The first-order chi connectivity index (χ1) is 20.4. The third-order valence-electron chi connectivity index (χ3n) is 8.07. The van der Waals surface area contributed by atoms with Crippen molar-refractivity contribution in [1.82, 2.24) is 9.80 Å². The zero-order valence-corrected chi connectivity index (χ0v) is 23.4. The quantitative estimate of drug-likeness (QED) is 0.269. The highest BCUT2D eigenvalue weighted by Gasteiger charge is 2.42. The molecule has 4 aromatic carbocycles. The summed E-state index contributed by atoms with van der Waals surface area (Å²) in [6.45, 7) is 2.56. The summed E-state index contributed by atoms with van der Waals surface area (Å²) in [7, 11) is 0. The molecule has 0 saturated carbocycles. The Balaban J connectivity index is 1.32. The number of benzene rings is 4. The maximum Gasteiger partial charge on any atom is 0.322 e. The summed E-state index contributed by atoms with van der Waals surface area (Å²) < 4.78 is 0. The minimum absolute atomic E-state index is 0.0121. The van der Waals surface area contributed by atoms with Gasteiger partial charge in [-0.1, -0.05) is 84.9 Å². The van der Waals surface area contributed by atoms with Gasteiger partial charge in [-0.25, -0.2) is 4.90 Å². The Morgan fingerprint density at radius 3 is 1.98 bits per heavy atom. The van der Waals surface area contributed by atoms with E-state index >= 15 is 0 Å². The van der Waals surface area contributed by atoms with Gasteiger partial charge in [0.1, 0.15) is 6.04 Å². The van der Waals surface area contributed by atoms with Crippen molar-refractivity contribution in [1.29, 1.82) is 0 Å². The number of anilines is 4. The molecule has 1 saturated heterocycles. The van der Waals surface area contributed by atoms with Crippen LogP contribution in [0, 0.1) is 6.92 Å². The molecule has 2 aliphatic heterocycles. The Kier molecular flexibility index (Phi) is 7.78. The molecule has 3 atom stereocenters. The summed E-state index contributed by atoms with van der Waals surface area (Å²) in [5.74, 6) is -1.07. The van der Waals surface area contributed by atoms with Crippen LogP contribution in [0.5, 0.6) is 0 Å². The van der Waals surface area contributed by atoms with Gasteiger partial charge in [-0.05, 0) is 53.9 Å². The Morgan fingerprint density at radius 1 is 0.786 bits per heavy atom. The zero-order valence-electron chi connectivity index (χ0n) is 23.4. The number of fused-ring (bicyclic) bond motifs is 2. The number of hydrogen-bond donors (Lipinski definition) is 3. The van der Waals surface area contributed by atoms with Gasteiger partial charge in [0.2, 0.25) is 0 Å². The second kappa shape index (κ2) is 11.8. The lowest BCUT2D eigenvalue weighted by molar-refractivity contribution is -0.157. The molecule has 2 unspecified atom stereocenters. The fourth-order valence-corrected chi connectivity index (χ4v) is 5.91. The highest BCUT2D eigenvalue weighted by atomic mass is 16.4. The normalized spacial score (nSPS) is 18.5. The third-order valence-corrected chi connectivity index (χ3v) is 8.07. The molecule has 8 heteroatoms. The summed E-state index contributed by atoms with van der Waals surface area (Å²) in [6.07, 6.45) is 1.63. The van der Waals surface area contributed by atoms with Crippen molar-refractivity contribution in [3.63, 3.8) is 0 Å². The first kappa shape index (κ1) is 27.7. The van der Waals surface area contributed by atoms with Crippen LogP contribution in [0.15, 0.2) is 103 Å². The SMILES string of the molecule is Cc1ccccc1N(c1ccccc1)C(O)N1CCN(C(O)N2c3ccccc3C=Cc3ccccc32)[C@H](C(=O)O)C1. The van der Waals surface area contributed by atoms with E-state index in [9.17, 15) is 20.1 Å². The second-order valence-corrected chi connectivity index (χ2v) is 10.6. The summed E-state index contributed by atoms with van der Waals surface area (Å²) in [5, 5.41) is 34.1. The van der Waals surface area contributed by atoms with Crippen molar-refractivity contribution < 1.29 is 20.1 Å². The van der Waals surface area contributed by atoms with Crippen LogP contribution >= 0.6 is 0 Å². The van der Waals surface area contributed by atoms with E-state index in [4.69, 9.17) is 0 Å². The fourth-order valence-electron chi connectivity index (χ4n) is 5.91. The topological polar surface area (TPSA) is 90.7 Å². The van der Waals surface area contributed by atoms with Gasteiger partial charge in [-0.15, -0.1) is 0 Å². The van der Waals surface area contributed by atoms with Gasteiger partial charge in [-0.3, -0.25) is 9.69 Å². The Hall–Kier alpha value is -4.47. The molecule has 0 aromatic heterocycles. The molecule has 214 valence electrons. The van der Waals surface area contributed by atoms with E-state index in [-0.39, 0.29) is 13.1 Å². The van der Waals surface area contributed by atoms with E-state index in [1.54, 1.807) is 14.7 Å². The van der Waals surface area contributed by atoms with Crippen LogP contribution in [0.2, 0.25) is 0 Å². The molecule has 0 radical (unpaired) electrons. The van der Waals surface area contributed by atoms with Gasteiger partial charge < -0.3 is 25.1 Å². The van der Waals surface area contributed by atoms with E-state index < -0.39 is 24.7 Å². The molecule has 0 amide bonds. The first-order valence-electron chi connectivity index (χ1n) is 14.1. The number of aliphatic hydroxyl groups excluding tert-OH is 2. The number of carbonyl (C=O) groups is 1. The number of nitrogens with zero attached hydrogens (tertiary/aromatic N) is 4. The van der Waals surface area contributed by atoms with Crippen molar-refractivity contribution >= 4 is 40.9 Å². The van der Waals surface area contributed by atoms with Crippen molar-refractivity contribution in [3.05, 3.63) is 120 Å². The average molecular weight is 563 g/mol. The number of para-hydroxylation sites is 4. The van der Waals surface area contributed by atoms with Gasteiger partial charge >= 0.3 is 5.97 Å². The predicted molar refractivity (Wildman–Crippen MR) is 165 cm³/mol. The average Bonchev–Trinajstić information content (AvgIpc) is 3.19. The molecule has 3 N–H and O–H groups in total. The van der Waals surface area contributed by atoms with E-state index in [0.717, 1.165) is 39.4 Å². The molecule has 2 aliphatic rings. The van der Waals surface area contributed by atoms with Crippen LogP contribution in [-0.4, -0.2) is 69.5 Å². The minimum Gasteiger partial charge on any atom is -0.480 e. The van der Waals surface area contributed by atoms with Crippen LogP contribution < -0.4 is 9.80 Å². The number of carboxylic acids is 1. The van der Waals surface area contributed by atoms with Gasteiger partial charge in [0.25, 0.3) is 0 Å².